The normalized spacial score (nSPS) is 12.2. The third-order valence-electron chi connectivity index (χ3n) is 2.24. The molecule has 0 aliphatic heterocycles. The predicted octanol–water partition coefficient (Wildman–Crippen LogP) is 0.346. The Labute approximate surface area is 110 Å². The fraction of sp³-hybridized carbons (Fsp3) is 1.00. The Bertz CT molecular complexity index is 147. The van der Waals surface area contributed by atoms with Gasteiger partial charge in [0.05, 0.1) is 0 Å². The minimum absolute atomic E-state index is 0.194. The molecular weight excluding hydrogens is 266 g/mol. The van der Waals surface area contributed by atoms with Crippen LogP contribution in [0.3, 0.4) is 0 Å². The van der Waals surface area contributed by atoms with E-state index in [2.05, 4.69) is 32.7 Å². The van der Waals surface area contributed by atoms with E-state index in [-0.39, 0.29) is 9.76 Å². The second kappa shape index (κ2) is 12.2. The van der Waals surface area contributed by atoms with Gasteiger partial charge in [-0.3, -0.25) is 0 Å². The SMILES string of the molecule is C[SiH2]O[Si](C)(C)CCCCN.C[SiH](C)O[SiH3]. The lowest BCUT2D eigenvalue weighted by atomic mass is 10.3. The summed E-state index contributed by atoms with van der Waals surface area (Å²) in [5.41, 5.74) is 5.42. The monoisotopic (exact) mass is 297 g/mol. The number of rotatable bonds is 7. The summed E-state index contributed by atoms with van der Waals surface area (Å²) in [6.07, 6.45) is 2.41. The maximum absolute atomic E-state index is 5.81. The van der Waals surface area contributed by atoms with Gasteiger partial charge in [0.2, 0.25) is 0 Å². The molecule has 0 unspecified atom stereocenters. The summed E-state index contributed by atoms with van der Waals surface area (Å²) in [6.45, 7) is 12.0. The minimum Gasteiger partial charge on any atom is -0.466 e. The topological polar surface area (TPSA) is 44.5 Å². The highest BCUT2D eigenvalue weighted by molar-refractivity contribution is 6.74. The lowest BCUT2D eigenvalue weighted by molar-refractivity contribution is 0.581. The maximum Gasteiger partial charge on any atom is 0.172 e. The van der Waals surface area contributed by atoms with Crippen LogP contribution < -0.4 is 5.73 Å². The van der Waals surface area contributed by atoms with E-state index in [1.807, 2.05) is 0 Å². The summed E-state index contributed by atoms with van der Waals surface area (Å²) in [7, 11) is -1.08. The Balaban J connectivity index is 0. The Hall–Kier alpha value is 0.748. The van der Waals surface area contributed by atoms with Crippen molar-refractivity contribution in [2.75, 3.05) is 6.54 Å². The van der Waals surface area contributed by atoms with Gasteiger partial charge in [0.15, 0.2) is 17.4 Å². The molecule has 0 aliphatic rings. The van der Waals surface area contributed by atoms with E-state index in [9.17, 15) is 0 Å². The molecule has 7 heteroatoms. The maximum atomic E-state index is 5.81. The first-order chi connectivity index (χ1) is 7.39. The lowest BCUT2D eigenvalue weighted by Crippen LogP contribution is -2.31. The molecule has 0 aromatic rings. The molecule has 0 rings (SSSR count). The largest absolute Gasteiger partial charge is 0.466 e. The predicted molar refractivity (Wildman–Crippen MR) is 86.0 cm³/mol. The average Bonchev–Trinajstić information content (AvgIpc) is 2.18. The molecule has 0 radical (unpaired) electrons. The van der Waals surface area contributed by atoms with E-state index in [0.717, 1.165) is 23.5 Å². The first-order valence-electron chi connectivity index (χ1n) is 6.26. The van der Waals surface area contributed by atoms with Crippen molar-refractivity contribution in [2.45, 2.75) is 51.6 Å². The van der Waals surface area contributed by atoms with Crippen molar-refractivity contribution in [3.63, 3.8) is 0 Å². The van der Waals surface area contributed by atoms with Gasteiger partial charge in [-0.15, -0.1) is 0 Å². The van der Waals surface area contributed by atoms with Crippen LogP contribution in [0.4, 0.5) is 0 Å². The Morgan fingerprint density at radius 3 is 2.12 bits per heavy atom. The highest BCUT2D eigenvalue weighted by atomic mass is 28.4. The molecule has 0 heterocycles. The van der Waals surface area contributed by atoms with Crippen molar-refractivity contribution in [2.24, 2.45) is 5.73 Å². The van der Waals surface area contributed by atoms with Crippen LogP contribution in [0.5, 0.6) is 0 Å². The summed E-state index contributed by atoms with van der Waals surface area (Å²) in [6, 6.07) is 1.28. The molecule has 16 heavy (non-hydrogen) atoms. The third kappa shape index (κ3) is 17.2. The summed E-state index contributed by atoms with van der Waals surface area (Å²) in [5, 5.41) is 0. The van der Waals surface area contributed by atoms with E-state index in [0.29, 0.717) is 0 Å². The molecule has 0 amide bonds. The van der Waals surface area contributed by atoms with Crippen LogP contribution in [0.15, 0.2) is 0 Å². The van der Waals surface area contributed by atoms with Gasteiger partial charge < -0.3 is 14.0 Å². The molecule has 0 aliphatic carbocycles. The second-order valence-electron chi connectivity index (χ2n) is 4.72. The van der Waals surface area contributed by atoms with Crippen LogP contribution >= 0.6 is 0 Å². The van der Waals surface area contributed by atoms with Crippen LogP contribution in [-0.4, -0.2) is 44.2 Å². The fourth-order valence-electron chi connectivity index (χ4n) is 1.16. The van der Waals surface area contributed by atoms with Gasteiger partial charge in [-0.25, -0.2) is 0 Å². The molecule has 2 N–H and O–H groups in total. The van der Waals surface area contributed by atoms with Gasteiger partial charge in [0.1, 0.15) is 20.2 Å². The van der Waals surface area contributed by atoms with Crippen LogP contribution in [0.2, 0.25) is 38.8 Å². The van der Waals surface area contributed by atoms with E-state index in [1.165, 1.54) is 12.5 Å². The van der Waals surface area contributed by atoms with Gasteiger partial charge in [-0.05, 0) is 45.2 Å². The van der Waals surface area contributed by atoms with Gasteiger partial charge >= 0.3 is 0 Å². The van der Waals surface area contributed by atoms with Crippen LogP contribution in [0, 0.1) is 0 Å². The average molecular weight is 298 g/mol. The van der Waals surface area contributed by atoms with E-state index < -0.39 is 17.4 Å². The summed E-state index contributed by atoms with van der Waals surface area (Å²) >= 11 is 0. The Morgan fingerprint density at radius 2 is 1.81 bits per heavy atom. The molecule has 0 atom stereocenters. The zero-order chi connectivity index (χ0) is 13.0. The zero-order valence-electron chi connectivity index (χ0n) is 12.0. The van der Waals surface area contributed by atoms with Gasteiger partial charge in [0.25, 0.3) is 0 Å². The summed E-state index contributed by atoms with van der Waals surface area (Å²) < 4.78 is 10.8. The quantitative estimate of drug-likeness (QED) is 0.545. The van der Waals surface area contributed by atoms with Crippen molar-refractivity contribution in [3.05, 3.63) is 0 Å². The van der Waals surface area contributed by atoms with Crippen molar-refractivity contribution in [1.29, 1.82) is 0 Å². The Morgan fingerprint density at radius 1 is 1.31 bits per heavy atom. The smallest absolute Gasteiger partial charge is 0.172 e. The van der Waals surface area contributed by atoms with Gasteiger partial charge in [0, 0.05) is 0 Å². The van der Waals surface area contributed by atoms with Crippen molar-refractivity contribution < 1.29 is 8.23 Å². The van der Waals surface area contributed by atoms with E-state index >= 15 is 0 Å². The molecule has 0 aromatic carbocycles. The summed E-state index contributed by atoms with van der Waals surface area (Å²) in [5.74, 6) is 0. The number of hydrogen-bond donors (Lipinski definition) is 1. The first kappa shape index (κ1) is 19.1. The van der Waals surface area contributed by atoms with E-state index in [1.54, 1.807) is 0 Å². The van der Waals surface area contributed by atoms with E-state index in [4.69, 9.17) is 14.0 Å². The molecule has 0 saturated heterocycles. The molecule has 3 nitrogen and oxygen atoms in total. The standard InChI is InChI=1S/C7H21NOSi2.C2H10OSi2/c1-10-9-11(2,3)7-5-4-6-8;1-5(2)3-4/h4-8,10H2,1-3H3;5H,1-2,4H3. The van der Waals surface area contributed by atoms with Crippen LogP contribution in [-0.2, 0) is 8.23 Å². The molecule has 0 fully saturated rings. The van der Waals surface area contributed by atoms with Crippen LogP contribution in [0.1, 0.15) is 12.8 Å². The van der Waals surface area contributed by atoms with Crippen LogP contribution in [0.25, 0.3) is 0 Å². The number of nitrogens with two attached hydrogens (primary N) is 1. The molecule has 0 bridgehead atoms. The molecule has 100 valence electrons. The highest BCUT2D eigenvalue weighted by Gasteiger charge is 2.19. The van der Waals surface area contributed by atoms with Gasteiger partial charge in [-0.1, -0.05) is 13.0 Å². The molecule has 0 saturated carbocycles. The second-order valence-corrected chi connectivity index (χ2v) is 14.5. The lowest BCUT2D eigenvalue weighted by Gasteiger charge is -2.22. The fourth-order valence-corrected chi connectivity index (χ4v) is 5.96. The molecule has 0 aromatic heterocycles. The zero-order valence-corrected chi connectivity index (χ0v) is 17.6. The number of unbranched alkanes of at least 4 members (excludes halogenated alkanes) is 1. The third-order valence-corrected chi connectivity index (χ3v) is 11.8. The molecule has 0 spiro atoms. The minimum atomic E-state index is -1.23. The summed E-state index contributed by atoms with van der Waals surface area (Å²) in [4.78, 5) is 0. The van der Waals surface area contributed by atoms with Crippen molar-refractivity contribution in [3.8, 4) is 0 Å². The first-order valence-corrected chi connectivity index (χ1v) is 15.0. The van der Waals surface area contributed by atoms with Gasteiger partial charge in [-0.2, -0.15) is 0 Å². The van der Waals surface area contributed by atoms with Crippen molar-refractivity contribution >= 4 is 37.6 Å². The molecular formula is C9H31NO2Si4. The van der Waals surface area contributed by atoms with Crippen molar-refractivity contribution in [1.82, 2.24) is 0 Å². The highest BCUT2D eigenvalue weighted by Crippen LogP contribution is 2.13. The Kier molecular flexibility index (Phi) is 14.6. The number of hydrogen-bond acceptors (Lipinski definition) is 3.